The van der Waals surface area contributed by atoms with Crippen LogP contribution in [-0.2, 0) is 4.79 Å². The number of benzene rings is 1. The smallest absolute Gasteiger partial charge is 0.242 e. The molecule has 0 saturated heterocycles. The van der Waals surface area contributed by atoms with Gasteiger partial charge < -0.3 is 15.1 Å². The lowest BCUT2D eigenvalue weighted by Crippen LogP contribution is -2.38. The molecule has 1 atom stereocenters. The number of fused-ring (bicyclic) bond motifs is 3. The molecule has 0 radical (unpaired) electrons. The number of rotatable bonds is 5. The SMILES string of the molecule is CCCNC(=O)[C@@H](C)Nc1ncnc2c1oc1ccccc12. The maximum absolute atomic E-state index is 12.0. The third-order valence-corrected chi connectivity index (χ3v) is 3.45. The molecule has 0 spiro atoms. The Morgan fingerprint density at radius 3 is 2.95 bits per heavy atom. The number of amides is 1. The van der Waals surface area contributed by atoms with E-state index in [0.29, 0.717) is 17.9 Å². The predicted molar refractivity (Wildman–Crippen MR) is 85.7 cm³/mol. The Hall–Kier alpha value is -2.63. The molecule has 0 fully saturated rings. The number of carbonyl (C=O) groups excluding carboxylic acids is 1. The number of carbonyl (C=O) groups is 1. The molecule has 1 aromatic carbocycles. The van der Waals surface area contributed by atoms with Gasteiger partial charge in [0.1, 0.15) is 23.5 Å². The van der Waals surface area contributed by atoms with E-state index in [4.69, 9.17) is 4.42 Å². The molecule has 114 valence electrons. The van der Waals surface area contributed by atoms with Gasteiger partial charge in [0.15, 0.2) is 11.4 Å². The van der Waals surface area contributed by atoms with Gasteiger partial charge in [0.25, 0.3) is 0 Å². The van der Waals surface area contributed by atoms with Crippen LogP contribution < -0.4 is 10.6 Å². The number of furan rings is 1. The molecule has 6 heteroatoms. The second-order valence-corrected chi connectivity index (χ2v) is 5.16. The van der Waals surface area contributed by atoms with Gasteiger partial charge >= 0.3 is 0 Å². The van der Waals surface area contributed by atoms with Gasteiger partial charge in [0.2, 0.25) is 5.91 Å². The fraction of sp³-hybridized carbons (Fsp3) is 0.312. The lowest BCUT2D eigenvalue weighted by atomic mass is 10.2. The van der Waals surface area contributed by atoms with E-state index in [1.165, 1.54) is 6.33 Å². The quantitative estimate of drug-likeness (QED) is 0.757. The zero-order chi connectivity index (χ0) is 15.5. The van der Waals surface area contributed by atoms with Crippen LogP contribution in [-0.4, -0.2) is 28.5 Å². The first-order valence-electron chi connectivity index (χ1n) is 7.37. The molecule has 2 aromatic heterocycles. The minimum Gasteiger partial charge on any atom is -0.450 e. The molecule has 2 N–H and O–H groups in total. The molecular formula is C16H18N4O2. The third-order valence-electron chi connectivity index (χ3n) is 3.45. The second-order valence-electron chi connectivity index (χ2n) is 5.16. The van der Waals surface area contributed by atoms with Crippen LogP contribution in [0.15, 0.2) is 35.0 Å². The number of nitrogens with zero attached hydrogens (tertiary/aromatic N) is 2. The van der Waals surface area contributed by atoms with Crippen LogP contribution >= 0.6 is 0 Å². The van der Waals surface area contributed by atoms with Crippen molar-refractivity contribution in [2.45, 2.75) is 26.3 Å². The largest absolute Gasteiger partial charge is 0.450 e. The van der Waals surface area contributed by atoms with Crippen molar-refractivity contribution in [1.29, 1.82) is 0 Å². The monoisotopic (exact) mass is 298 g/mol. The van der Waals surface area contributed by atoms with Crippen molar-refractivity contribution in [2.75, 3.05) is 11.9 Å². The summed E-state index contributed by atoms with van der Waals surface area (Å²) < 4.78 is 5.83. The molecule has 3 rings (SSSR count). The van der Waals surface area contributed by atoms with Gasteiger partial charge in [-0.05, 0) is 25.5 Å². The van der Waals surface area contributed by atoms with E-state index in [2.05, 4.69) is 20.6 Å². The summed E-state index contributed by atoms with van der Waals surface area (Å²) in [5.41, 5.74) is 2.07. The van der Waals surface area contributed by atoms with Crippen molar-refractivity contribution in [3.05, 3.63) is 30.6 Å². The van der Waals surface area contributed by atoms with Gasteiger partial charge in [-0.15, -0.1) is 0 Å². The lowest BCUT2D eigenvalue weighted by molar-refractivity contribution is -0.121. The topological polar surface area (TPSA) is 80.0 Å². The minimum absolute atomic E-state index is 0.0651. The van der Waals surface area contributed by atoms with Crippen molar-refractivity contribution >= 4 is 33.8 Å². The Bertz CT molecular complexity index is 812. The number of hydrogen-bond donors (Lipinski definition) is 2. The predicted octanol–water partition coefficient (Wildman–Crippen LogP) is 2.70. The van der Waals surface area contributed by atoms with Crippen LogP contribution in [0.5, 0.6) is 0 Å². The van der Waals surface area contributed by atoms with Crippen molar-refractivity contribution in [2.24, 2.45) is 0 Å². The highest BCUT2D eigenvalue weighted by Crippen LogP contribution is 2.30. The van der Waals surface area contributed by atoms with Crippen molar-refractivity contribution in [1.82, 2.24) is 15.3 Å². The molecule has 0 saturated carbocycles. The summed E-state index contributed by atoms with van der Waals surface area (Å²) in [5, 5.41) is 6.89. The summed E-state index contributed by atoms with van der Waals surface area (Å²) in [4.78, 5) is 20.5. The highest BCUT2D eigenvalue weighted by atomic mass is 16.3. The van der Waals surface area contributed by atoms with Gasteiger partial charge in [-0.2, -0.15) is 0 Å². The van der Waals surface area contributed by atoms with Gasteiger partial charge in [0, 0.05) is 11.9 Å². The van der Waals surface area contributed by atoms with Gasteiger partial charge in [0.05, 0.1) is 0 Å². The maximum Gasteiger partial charge on any atom is 0.242 e. The zero-order valence-corrected chi connectivity index (χ0v) is 12.6. The first kappa shape index (κ1) is 14.3. The summed E-state index contributed by atoms with van der Waals surface area (Å²) in [6, 6.07) is 7.28. The van der Waals surface area contributed by atoms with Crippen LogP contribution in [0.2, 0.25) is 0 Å². The van der Waals surface area contributed by atoms with E-state index in [-0.39, 0.29) is 5.91 Å². The Morgan fingerprint density at radius 1 is 1.32 bits per heavy atom. The van der Waals surface area contributed by atoms with Gasteiger partial charge in [-0.1, -0.05) is 19.1 Å². The first-order chi connectivity index (χ1) is 10.7. The Morgan fingerprint density at radius 2 is 2.14 bits per heavy atom. The average molecular weight is 298 g/mol. The Kier molecular flexibility index (Phi) is 3.91. The van der Waals surface area contributed by atoms with Crippen LogP contribution in [0, 0.1) is 0 Å². The molecule has 0 aliphatic rings. The summed E-state index contributed by atoms with van der Waals surface area (Å²) in [6.45, 7) is 4.47. The first-order valence-corrected chi connectivity index (χ1v) is 7.37. The van der Waals surface area contributed by atoms with E-state index >= 15 is 0 Å². The van der Waals surface area contributed by atoms with Gasteiger partial charge in [-0.3, -0.25) is 4.79 Å². The standard InChI is InChI=1S/C16H18N4O2/c1-3-8-17-16(21)10(2)20-15-14-13(18-9-19-15)11-6-4-5-7-12(11)22-14/h4-7,9-10H,3,8H2,1-2H3,(H,17,21)(H,18,19,20)/t10-/m1/s1. The third kappa shape index (κ3) is 2.59. The van der Waals surface area contributed by atoms with E-state index in [9.17, 15) is 4.79 Å². The van der Waals surface area contributed by atoms with E-state index in [1.807, 2.05) is 31.2 Å². The molecule has 0 aliphatic carbocycles. The Labute approximate surface area is 127 Å². The number of para-hydroxylation sites is 1. The summed E-state index contributed by atoms with van der Waals surface area (Å²) in [5.74, 6) is 0.463. The molecule has 6 nitrogen and oxygen atoms in total. The van der Waals surface area contributed by atoms with Crippen LogP contribution in [0.3, 0.4) is 0 Å². The average Bonchev–Trinajstić information content (AvgIpc) is 2.92. The van der Waals surface area contributed by atoms with Crippen molar-refractivity contribution < 1.29 is 9.21 Å². The second kappa shape index (κ2) is 6.01. The van der Waals surface area contributed by atoms with Gasteiger partial charge in [-0.25, -0.2) is 9.97 Å². The molecule has 22 heavy (non-hydrogen) atoms. The van der Waals surface area contributed by atoms with Crippen LogP contribution in [0.1, 0.15) is 20.3 Å². The van der Waals surface area contributed by atoms with Crippen LogP contribution in [0.25, 0.3) is 22.1 Å². The lowest BCUT2D eigenvalue weighted by Gasteiger charge is -2.14. The van der Waals surface area contributed by atoms with E-state index in [0.717, 1.165) is 22.9 Å². The fourth-order valence-corrected chi connectivity index (χ4v) is 2.30. The van der Waals surface area contributed by atoms with E-state index in [1.54, 1.807) is 6.92 Å². The molecule has 0 aliphatic heterocycles. The zero-order valence-electron chi connectivity index (χ0n) is 12.6. The summed E-state index contributed by atoms with van der Waals surface area (Å²) in [6.07, 6.45) is 2.38. The highest BCUT2D eigenvalue weighted by molar-refractivity contribution is 6.05. The van der Waals surface area contributed by atoms with Crippen molar-refractivity contribution in [3.8, 4) is 0 Å². The normalized spacial score (nSPS) is 12.5. The van der Waals surface area contributed by atoms with E-state index < -0.39 is 6.04 Å². The Balaban J connectivity index is 1.92. The van der Waals surface area contributed by atoms with Crippen molar-refractivity contribution in [3.63, 3.8) is 0 Å². The molecule has 2 heterocycles. The number of nitrogens with one attached hydrogen (secondary N) is 2. The fourth-order valence-electron chi connectivity index (χ4n) is 2.30. The molecule has 0 unspecified atom stereocenters. The molecule has 0 bridgehead atoms. The minimum atomic E-state index is -0.405. The molecule has 3 aromatic rings. The van der Waals surface area contributed by atoms with Crippen LogP contribution in [0.4, 0.5) is 5.82 Å². The molecular weight excluding hydrogens is 280 g/mol. The summed E-state index contributed by atoms with van der Waals surface area (Å²) in [7, 11) is 0. The summed E-state index contributed by atoms with van der Waals surface area (Å²) >= 11 is 0. The number of aromatic nitrogens is 2. The highest BCUT2D eigenvalue weighted by Gasteiger charge is 2.17. The number of hydrogen-bond acceptors (Lipinski definition) is 5. The maximum atomic E-state index is 12.0. The number of anilines is 1. The molecule has 1 amide bonds.